The number of rotatable bonds is 4. The van der Waals surface area contributed by atoms with Crippen molar-refractivity contribution in [1.29, 1.82) is 0 Å². The predicted octanol–water partition coefficient (Wildman–Crippen LogP) is 2.17. The summed E-state index contributed by atoms with van der Waals surface area (Å²) in [4.78, 5) is 13.4. The van der Waals surface area contributed by atoms with E-state index in [4.69, 9.17) is 16.7 Å². The molecule has 0 amide bonds. The maximum absolute atomic E-state index is 11.9. The number of aromatic nitrogens is 1. The van der Waals surface area contributed by atoms with Crippen LogP contribution in [0.1, 0.15) is 10.4 Å². The number of aromatic carboxylic acids is 1. The highest BCUT2D eigenvalue weighted by Crippen LogP contribution is 2.25. The van der Waals surface area contributed by atoms with Crippen LogP contribution in [0.4, 0.5) is 5.69 Å². The molecule has 0 aliphatic rings. The number of benzene rings is 1. The Morgan fingerprint density at radius 2 is 2.05 bits per heavy atom. The van der Waals surface area contributed by atoms with E-state index in [-0.39, 0.29) is 21.2 Å². The molecule has 2 rings (SSSR count). The van der Waals surface area contributed by atoms with Crippen LogP contribution >= 0.6 is 11.6 Å². The summed E-state index contributed by atoms with van der Waals surface area (Å²) in [7, 11) is -3.74. The number of carboxylic acid groups (broad SMARTS) is 1. The lowest BCUT2D eigenvalue weighted by molar-refractivity contribution is 0.0697. The molecule has 0 aliphatic carbocycles. The standard InChI is InChI=1S/C11H9ClN2O4S/c12-9-5-7(11(15)16)1-2-10(9)14-19(17,18)8-3-4-13-6-8/h1-6,13-14H,(H,15,16). The van der Waals surface area contributed by atoms with Gasteiger partial charge in [-0.1, -0.05) is 11.6 Å². The number of carbonyl (C=O) groups is 1. The van der Waals surface area contributed by atoms with Gasteiger partial charge in [0.25, 0.3) is 10.0 Å². The van der Waals surface area contributed by atoms with Crippen LogP contribution in [0.15, 0.2) is 41.6 Å². The Balaban J connectivity index is 2.32. The van der Waals surface area contributed by atoms with E-state index in [1.807, 2.05) is 0 Å². The van der Waals surface area contributed by atoms with Crippen molar-refractivity contribution < 1.29 is 18.3 Å². The quantitative estimate of drug-likeness (QED) is 0.805. The molecule has 6 nitrogen and oxygen atoms in total. The molecule has 0 spiro atoms. The molecule has 0 radical (unpaired) electrons. The first kappa shape index (κ1) is 13.4. The Morgan fingerprint density at radius 3 is 2.58 bits per heavy atom. The van der Waals surface area contributed by atoms with E-state index >= 15 is 0 Å². The molecular formula is C11H9ClN2O4S. The number of sulfonamides is 1. The monoisotopic (exact) mass is 300 g/mol. The number of hydrogen-bond donors (Lipinski definition) is 3. The van der Waals surface area contributed by atoms with Crippen molar-refractivity contribution >= 4 is 33.3 Å². The topological polar surface area (TPSA) is 99.3 Å². The second-order valence-corrected chi connectivity index (χ2v) is 5.74. The van der Waals surface area contributed by atoms with E-state index in [0.717, 1.165) is 0 Å². The second kappa shape index (κ2) is 4.94. The fraction of sp³-hybridized carbons (Fsp3) is 0. The molecule has 0 fully saturated rings. The third-order valence-corrected chi connectivity index (χ3v) is 4.02. The van der Waals surface area contributed by atoms with Crippen LogP contribution in [0.5, 0.6) is 0 Å². The highest BCUT2D eigenvalue weighted by atomic mass is 35.5. The van der Waals surface area contributed by atoms with Gasteiger partial charge in [0.2, 0.25) is 0 Å². The zero-order valence-electron chi connectivity index (χ0n) is 9.42. The average Bonchev–Trinajstić information content (AvgIpc) is 2.85. The molecule has 1 aromatic heterocycles. The minimum Gasteiger partial charge on any atom is -0.478 e. The Morgan fingerprint density at radius 1 is 1.32 bits per heavy atom. The van der Waals surface area contributed by atoms with Crippen molar-refractivity contribution in [2.24, 2.45) is 0 Å². The molecule has 1 aromatic carbocycles. The van der Waals surface area contributed by atoms with Crippen molar-refractivity contribution in [2.45, 2.75) is 4.90 Å². The van der Waals surface area contributed by atoms with Gasteiger partial charge in [0, 0.05) is 12.4 Å². The van der Waals surface area contributed by atoms with Gasteiger partial charge in [-0.2, -0.15) is 0 Å². The number of hydrogen-bond acceptors (Lipinski definition) is 3. The molecule has 0 atom stereocenters. The van der Waals surface area contributed by atoms with Gasteiger partial charge >= 0.3 is 5.97 Å². The lowest BCUT2D eigenvalue weighted by Crippen LogP contribution is -2.12. The summed E-state index contributed by atoms with van der Waals surface area (Å²) >= 11 is 5.84. The van der Waals surface area contributed by atoms with E-state index in [1.54, 1.807) is 0 Å². The SMILES string of the molecule is O=C(O)c1ccc(NS(=O)(=O)c2cc[nH]c2)c(Cl)c1. The predicted molar refractivity (Wildman–Crippen MR) is 70.0 cm³/mol. The van der Waals surface area contributed by atoms with Crippen LogP contribution in [0.2, 0.25) is 5.02 Å². The van der Waals surface area contributed by atoms with Gasteiger partial charge in [-0.15, -0.1) is 0 Å². The number of anilines is 1. The first-order chi connectivity index (χ1) is 8.90. The largest absolute Gasteiger partial charge is 0.478 e. The summed E-state index contributed by atoms with van der Waals surface area (Å²) in [5.74, 6) is -1.14. The summed E-state index contributed by atoms with van der Waals surface area (Å²) in [5, 5.41) is 8.79. The van der Waals surface area contributed by atoms with Gasteiger partial charge in [0.15, 0.2) is 0 Å². The summed E-state index contributed by atoms with van der Waals surface area (Å²) in [6.45, 7) is 0. The molecule has 8 heteroatoms. The maximum atomic E-state index is 11.9. The van der Waals surface area contributed by atoms with E-state index in [2.05, 4.69) is 9.71 Å². The van der Waals surface area contributed by atoms with Gasteiger partial charge in [-0.25, -0.2) is 13.2 Å². The Labute approximate surface area is 114 Å². The number of carboxylic acids is 1. The lowest BCUT2D eigenvalue weighted by atomic mass is 10.2. The van der Waals surface area contributed by atoms with Crippen LogP contribution in [0, 0.1) is 0 Å². The van der Waals surface area contributed by atoms with E-state index < -0.39 is 16.0 Å². The van der Waals surface area contributed by atoms with Gasteiger partial charge in [0.1, 0.15) is 4.90 Å². The third-order valence-electron chi connectivity index (χ3n) is 2.34. The van der Waals surface area contributed by atoms with Crippen LogP contribution in [0.3, 0.4) is 0 Å². The Kier molecular flexibility index (Phi) is 3.50. The zero-order valence-corrected chi connectivity index (χ0v) is 11.0. The molecule has 0 unspecified atom stereocenters. The molecule has 2 aromatic rings. The molecule has 0 aliphatic heterocycles. The van der Waals surface area contributed by atoms with Gasteiger partial charge in [-0.3, -0.25) is 4.72 Å². The minimum absolute atomic E-state index is 0.0130. The third kappa shape index (κ3) is 2.88. The molecule has 100 valence electrons. The highest BCUT2D eigenvalue weighted by Gasteiger charge is 2.16. The number of halogens is 1. The molecule has 3 N–H and O–H groups in total. The number of aromatic amines is 1. The van der Waals surface area contributed by atoms with Crippen molar-refractivity contribution in [3.63, 3.8) is 0 Å². The normalized spacial score (nSPS) is 11.2. The smallest absolute Gasteiger partial charge is 0.335 e. The number of nitrogens with one attached hydrogen (secondary N) is 2. The van der Waals surface area contributed by atoms with Crippen molar-refractivity contribution in [3.05, 3.63) is 47.2 Å². The Bertz CT molecular complexity index is 710. The maximum Gasteiger partial charge on any atom is 0.335 e. The second-order valence-electron chi connectivity index (χ2n) is 3.65. The summed E-state index contributed by atoms with van der Waals surface area (Å²) in [6, 6.07) is 5.14. The van der Waals surface area contributed by atoms with Crippen LogP contribution in [0.25, 0.3) is 0 Å². The molecule has 0 saturated carbocycles. The van der Waals surface area contributed by atoms with Crippen LogP contribution in [-0.2, 0) is 10.0 Å². The molecule has 0 bridgehead atoms. The first-order valence-corrected chi connectivity index (χ1v) is 6.95. The first-order valence-electron chi connectivity index (χ1n) is 5.08. The van der Waals surface area contributed by atoms with E-state index in [0.29, 0.717) is 0 Å². The van der Waals surface area contributed by atoms with Gasteiger partial charge in [-0.05, 0) is 24.3 Å². The van der Waals surface area contributed by atoms with Crippen molar-refractivity contribution in [1.82, 2.24) is 4.98 Å². The van der Waals surface area contributed by atoms with Crippen LogP contribution in [-0.4, -0.2) is 24.5 Å². The summed E-state index contributed by atoms with van der Waals surface area (Å²) in [5.41, 5.74) is 0.0995. The zero-order chi connectivity index (χ0) is 14.0. The fourth-order valence-electron chi connectivity index (χ4n) is 1.41. The van der Waals surface area contributed by atoms with Gasteiger partial charge in [0.05, 0.1) is 16.3 Å². The molecule has 0 saturated heterocycles. The Hall–Kier alpha value is -1.99. The van der Waals surface area contributed by atoms with E-state index in [1.165, 1.54) is 36.7 Å². The lowest BCUT2D eigenvalue weighted by Gasteiger charge is -2.08. The highest BCUT2D eigenvalue weighted by molar-refractivity contribution is 7.92. The number of H-pyrrole nitrogens is 1. The fourth-order valence-corrected chi connectivity index (χ4v) is 2.75. The minimum atomic E-state index is -3.74. The molecule has 19 heavy (non-hydrogen) atoms. The van der Waals surface area contributed by atoms with Crippen molar-refractivity contribution in [2.75, 3.05) is 4.72 Å². The van der Waals surface area contributed by atoms with Crippen LogP contribution < -0.4 is 4.72 Å². The molecular weight excluding hydrogens is 292 g/mol. The molecule has 1 heterocycles. The van der Waals surface area contributed by atoms with Crippen molar-refractivity contribution in [3.8, 4) is 0 Å². The summed E-state index contributed by atoms with van der Waals surface area (Å²) < 4.78 is 26.1. The van der Waals surface area contributed by atoms with E-state index in [9.17, 15) is 13.2 Å². The summed E-state index contributed by atoms with van der Waals surface area (Å²) in [6.07, 6.45) is 2.80. The van der Waals surface area contributed by atoms with Gasteiger partial charge < -0.3 is 10.1 Å². The average molecular weight is 301 g/mol.